The maximum Gasteiger partial charge on any atom is 0.251 e. The summed E-state index contributed by atoms with van der Waals surface area (Å²) in [7, 11) is -3.54. The van der Waals surface area contributed by atoms with Crippen LogP contribution in [0.25, 0.3) is 0 Å². The van der Waals surface area contributed by atoms with E-state index in [0.29, 0.717) is 42.3 Å². The molecule has 3 aliphatic rings. The third kappa shape index (κ3) is 4.46. The lowest BCUT2D eigenvalue weighted by Gasteiger charge is -2.31. The molecule has 2 aromatic carbocycles. The molecule has 0 atom stereocenters. The number of sulfonamides is 1. The van der Waals surface area contributed by atoms with Gasteiger partial charge in [-0.3, -0.25) is 4.79 Å². The number of rotatable bonds is 4. The summed E-state index contributed by atoms with van der Waals surface area (Å²) in [4.78, 5) is 13.2. The number of nitrogens with one attached hydrogen (secondary N) is 1. The van der Waals surface area contributed by atoms with Gasteiger partial charge in [0.25, 0.3) is 5.79 Å². The minimum absolute atomic E-state index is 0.0892. The number of nitrogens with zero attached hydrogens (tertiary/aromatic N) is 1. The van der Waals surface area contributed by atoms with Crippen molar-refractivity contribution in [3.05, 3.63) is 48.0 Å². The minimum atomic E-state index is -3.54. The molecule has 1 saturated carbocycles. The van der Waals surface area contributed by atoms with Gasteiger partial charge >= 0.3 is 0 Å². The molecule has 0 radical (unpaired) electrons. The van der Waals surface area contributed by atoms with Crippen LogP contribution in [-0.4, -0.2) is 37.5 Å². The largest absolute Gasteiger partial charge is 0.448 e. The van der Waals surface area contributed by atoms with Crippen LogP contribution in [0.2, 0.25) is 0 Å². The second-order valence-electron chi connectivity index (χ2n) is 9.32. The van der Waals surface area contributed by atoms with Crippen LogP contribution in [0.3, 0.4) is 0 Å². The highest BCUT2D eigenvalue weighted by Crippen LogP contribution is 2.46. The highest BCUT2D eigenvalue weighted by Gasteiger charge is 2.42. The lowest BCUT2D eigenvalue weighted by molar-refractivity contribution is -0.120. The Hall–Kier alpha value is -2.58. The monoisotopic (exact) mass is 470 g/mol. The van der Waals surface area contributed by atoms with E-state index in [-0.39, 0.29) is 11.8 Å². The van der Waals surface area contributed by atoms with E-state index >= 15 is 0 Å². The predicted octanol–water partition coefficient (Wildman–Crippen LogP) is 4.47. The first-order chi connectivity index (χ1) is 15.8. The molecule has 2 fully saturated rings. The number of ether oxygens (including phenoxy) is 2. The number of aryl methyl sites for hydroxylation is 1. The standard InChI is InChI=1S/C25H30N2O5S/c1-18-5-8-21(9-6-18)33(29,30)27-15-11-19(12-16-27)24(28)26-20-7-10-22-23(17-20)32-25(31-22)13-3-2-4-14-25/h5-10,17,19H,2-4,11-16H2,1H3,(H,26,28). The molecule has 0 bridgehead atoms. The van der Waals surface area contributed by atoms with Crippen molar-refractivity contribution < 1.29 is 22.7 Å². The summed E-state index contributed by atoms with van der Waals surface area (Å²) in [6, 6.07) is 12.4. The van der Waals surface area contributed by atoms with Gasteiger partial charge in [-0.25, -0.2) is 8.42 Å². The highest BCUT2D eigenvalue weighted by atomic mass is 32.2. The van der Waals surface area contributed by atoms with Crippen LogP contribution in [0.4, 0.5) is 5.69 Å². The lowest BCUT2D eigenvalue weighted by Crippen LogP contribution is -2.41. The maximum atomic E-state index is 12.9. The summed E-state index contributed by atoms with van der Waals surface area (Å²) in [6.07, 6.45) is 6.14. The predicted molar refractivity (Wildman–Crippen MR) is 125 cm³/mol. The molecule has 8 heteroatoms. The Kier molecular flexibility index (Phi) is 5.82. The third-order valence-corrected chi connectivity index (χ3v) is 8.81. The summed E-state index contributed by atoms with van der Waals surface area (Å²) in [5.74, 6) is 0.537. The van der Waals surface area contributed by atoms with Gasteiger partial charge in [0.1, 0.15) is 0 Å². The first kappa shape index (κ1) is 22.2. The summed E-state index contributed by atoms with van der Waals surface area (Å²) in [5.41, 5.74) is 1.69. The third-order valence-electron chi connectivity index (χ3n) is 6.90. The van der Waals surface area contributed by atoms with E-state index in [1.54, 1.807) is 24.3 Å². The van der Waals surface area contributed by atoms with Crippen LogP contribution in [0.15, 0.2) is 47.4 Å². The van der Waals surface area contributed by atoms with Gasteiger partial charge < -0.3 is 14.8 Å². The minimum Gasteiger partial charge on any atom is -0.448 e. The summed E-state index contributed by atoms with van der Waals surface area (Å²) < 4.78 is 39.5. The van der Waals surface area contributed by atoms with Crippen LogP contribution < -0.4 is 14.8 Å². The molecule has 5 rings (SSSR count). The van der Waals surface area contributed by atoms with Gasteiger partial charge in [-0.05, 0) is 56.9 Å². The van der Waals surface area contributed by atoms with Crippen molar-refractivity contribution in [1.82, 2.24) is 4.31 Å². The molecule has 33 heavy (non-hydrogen) atoms. The normalized spacial score (nSPS) is 20.6. The topological polar surface area (TPSA) is 84.9 Å². The first-order valence-electron chi connectivity index (χ1n) is 11.7. The van der Waals surface area contributed by atoms with E-state index in [1.807, 2.05) is 25.1 Å². The fourth-order valence-corrected chi connectivity index (χ4v) is 6.40. The molecular weight excluding hydrogens is 440 g/mol. The average molecular weight is 471 g/mol. The molecule has 0 unspecified atom stereocenters. The number of hydrogen-bond acceptors (Lipinski definition) is 5. The Bertz CT molecular complexity index is 1130. The van der Waals surface area contributed by atoms with Gasteiger partial charge in [0.2, 0.25) is 15.9 Å². The molecule has 1 N–H and O–H groups in total. The molecular formula is C25H30N2O5S. The van der Waals surface area contributed by atoms with Gasteiger partial charge in [0, 0.05) is 43.6 Å². The van der Waals surface area contributed by atoms with Crippen molar-refractivity contribution in [2.24, 2.45) is 5.92 Å². The van der Waals surface area contributed by atoms with Crippen molar-refractivity contribution in [2.75, 3.05) is 18.4 Å². The second-order valence-corrected chi connectivity index (χ2v) is 11.3. The number of carbonyl (C=O) groups is 1. The molecule has 1 spiro atoms. The van der Waals surface area contributed by atoms with Crippen LogP contribution in [-0.2, 0) is 14.8 Å². The summed E-state index contributed by atoms with van der Waals surface area (Å²) in [6.45, 7) is 2.59. The highest BCUT2D eigenvalue weighted by molar-refractivity contribution is 7.89. The van der Waals surface area contributed by atoms with Gasteiger partial charge in [-0.2, -0.15) is 4.31 Å². The molecule has 176 valence electrons. The van der Waals surface area contributed by atoms with Gasteiger partial charge in [0.05, 0.1) is 4.90 Å². The lowest BCUT2D eigenvalue weighted by atomic mass is 9.94. The number of carbonyl (C=O) groups excluding carboxylic acids is 1. The molecule has 1 amide bonds. The van der Waals surface area contributed by atoms with E-state index in [2.05, 4.69) is 5.32 Å². The van der Waals surface area contributed by atoms with E-state index in [1.165, 1.54) is 10.7 Å². The second kappa shape index (κ2) is 8.65. The van der Waals surface area contributed by atoms with Crippen molar-refractivity contribution in [1.29, 1.82) is 0 Å². The number of amides is 1. The van der Waals surface area contributed by atoms with Crippen LogP contribution in [0, 0.1) is 12.8 Å². The van der Waals surface area contributed by atoms with E-state index in [4.69, 9.17) is 9.47 Å². The van der Waals surface area contributed by atoms with Crippen molar-refractivity contribution in [3.8, 4) is 11.5 Å². The van der Waals surface area contributed by atoms with E-state index in [0.717, 1.165) is 37.0 Å². The Labute approximate surface area is 195 Å². The Morgan fingerprint density at radius 1 is 0.970 bits per heavy atom. The van der Waals surface area contributed by atoms with Crippen molar-refractivity contribution in [3.63, 3.8) is 0 Å². The molecule has 1 aliphatic carbocycles. The molecule has 7 nitrogen and oxygen atoms in total. The summed E-state index contributed by atoms with van der Waals surface area (Å²) in [5, 5.41) is 2.98. The fraction of sp³-hybridized carbons (Fsp3) is 0.480. The number of anilines is 1. The Balaban J connectivity index is 1.19. The Morgan fingerprint density at radius 3 is 2.33 bits per heavy atom. The van der Waals surface area contributed by atoms with Crippen LogP contribution in [0.1, 0.15) is 50.5 Å². The van der Waals surface area contributed by atoms with Crippen LogP contribution in [0.5, 0.6) is 11.5 Å². The van der Waals surface area contributed by atoms with Gasteiger partial charge in [0.15, 0.2) is 11.5 Å². The summed E-state index contributed by atoms with van der Waals surface area (Å²) >= 11 is 0. The number of benzene rings is 2. The number of fused-ring (bicyclic) bond motifs is 1. The molecule has 2 heterocycles. The maximum absolute atomic E-state index is 12.9. The van der Waals surface area contributed by atoms with E-state index < -0.39 is 15.8 Å². The average Bonchev–Trinajstić information content (AvgIpc) is 3.16. The zero-order valence-corrected chi connectivity index (χ0v) is 19.7. The van der Waals surface area contributed by atoms with Gasteiger partial charge in [-0.15, -0.1) is 0 Å². The van der Waals surface area contributed by atoms with E-state index in [9.17, 15) is 13.2 Å². The van der Waals surface area contributed by atoms with Crippen LogP contribution >= 0.6 is 0 Å². The quantitative estimate of drug-likeness (QED) is 0.713. The first-order valence-corrected chi connectivity index (χ1v) is 13.2. The zero-order valence-electron chi connectivity index (χ0n) is 18.9. The molecule has 2 aromatic rings. The van der Waals surface area contributed by atoms with Crippen molar-refractivity contribution in [2.45, 2.75) is 62.6 Å². The number of piperidine rings is 1. The number of hydrogen-bond donors (Lipinski definition) is 1. The SMILES string of the molecule is Cc1ccc(S(=O)(=O)N2CCC(C(=O)Nc3ccc4c(c3)OC3(CCCCC3)O4)CC2)cc1. The molecule has 2 aliphatic heterocycles. The zero-order chi connectivity index (χ0) is 23.1. The van der Waals surface area contributed by atoms with Crippen molar-refractivity contribution >= 4 is 21.6 Å². The smallest absolute Gasteiger partial charge is 0.251 e. The Morgan fingerprint density at radius 2 is 1.64 bits per heavy atom. The molecule has 1 saturated heterocycles. The fourth-order valence-electron chi connectivity index (χ4n) is 4.93. The molecule has 0 aromatic heterocycles. The van der Waals surface area contributed by atoms with Gasteiger partial charge in [-0.1, -0.05) is 24.1 Å².